The number of nitrogens with one attached hydrogen (secondary N) is 1. The zero-order valence-corrected chi connectivity index (χ0v) is 19.2. The van der Waals surface area contributed by atoms with Crippen molar-refractivity contribution in [2.45, 2.75) is 20.1 Å². The summed E-state index contributed by atoms with van der Waals surface area (Å²) in [7, 11) is 0. The van der Waals surface area contributed by atoms with E-state index in [1.807, 2.05) is 67.6 Å². The summed E-state index contributed by atoms with van der Waals surface area (Å²) in [6.45, 7) is 2.74. The van der Waals surface area contributed by atoms with Crippen molar-refractivity contribution in [1.29, 1.82) is 5.26 Å². The minimum absolute atomic E-state index is 0.00710. The van der Waals surface area contributed by atoms with Crippen LogP contribution in [-0.2, 0) is 17.9 Å². The third kappa shape index (κ3) is 6.45. The molecule has 3 rings (SSSR count). The van der Waals surface area contributed by atoms with Gasteiger partial charge in [-0.25, -0.2) is 0 Å². The molecular formula is C25H20BrClN2O2. The summed E-state index contributed by atoms with van der Waals surface area (Å²) in [4.78, 5) is 12.4. The number of carbonyl (C=O) groups excluding carboxylic acids is 1. The van der Waals surface area contributed by atoms with Gasteiger partial charge in [-0.05, 0) is 57.8 Å². The summed E-state index contributed by atoms with van der Waals surface area (Å²) in [6, 6.07) is 22.9. The summed E-state index contributed by atoms with van der Waals surface area (Å²) in [5.41, 5.74) is 3.75. The van der Waals surface area contributed by atoms with Gasteiger partial charge < -0.3 is 10.1 Å². The highest BCUT2D eigenvalue weighted by molar-refractivity contribution is 9.10. The lowest BCUT2D eigenvalue weighted by Crippen LogP contribution is -2.23. The summed E-state index contributed by atoms with van der Waals surface area (Å²) >= 11 is 9.89. The lowest BCUT2D eigenvalue weighted by Gasteiger charge is -2.12. The van der Waals surface area contributed by atoms with Crippen LogP contribution in [-0.4, -0.2) is 5.91 Å². The number of benzene rings is 3. The summed E-state index contributed by atoms with van der Waals surface area (Å²) in [6.07, 6.45) is 1.50. The molecule has 0 saturated heterocycles. The van der Waals surface area contributed by atoms with Crippen molar-refractivity contribution in [3.63, 3.8) is 0 Å². The third-order valence-corrected chi connectivity index (χ3v) is 5.33. The van der Waals surface area contributed by atoms with Crippen LogP contribution in [0.2, 0.25) is 5.02 Å². The Morgan fingerprint density at radius 3 is 2.55 bits per heavy atom. The number of rotatable bonds is 7. The molecule has 0 fully saturated rings. The molecule has 0 aromatic heterocycles. The molecule has 0 heterocycles. The van der Waals surface area contributed by atoms with Crippen LogP contribution in [0.15, 0.2) is 76.8 Å². The fourth-order valence-corrected chi connectivity index (χ4v) is 3.94. The van der Waals surface area contributed by atoms with Gasteiger partial charge in [0.1, 0.15) is 18.2 Å². The van der Waals surface area contributed by atoms with Crippen LogP contribution in [0, 0.1) is 18.3 Å². The molecule has 0 bridgehead atoms. The fourth-order valence-electron chi connectivity index (χ4n) is 2.95. The molecule has 6 heteroatoms. The monoisotopic (exact) mass is 494 g/mol. The van der Waals surface area contributed by atoms with E-state index in [1.165, 1.54) is 6.08 Å². The fraction of sp³-hybridized carbons (Fsp3) is 0.120. The van der Waals surface area contributed by atoms with Crippen LogP contribution >= 0.6 is 27.5 Å². The molecule has 0 unspecified atom stereocenters. The van der Waals surface area contributed by atoms with Gasteiger partial charge in [0.05, 0.1) is 9.50 Å². The van der Waals surface area contributed by atoms with Gasteiger partial charge in [-0.3, -0.25) is 4.79 Å². The Labute approximate surface area is 195 Å². The van der Waals surface area contributed by atoms with E-state index < -0.39 is 5.91 Å². The summed E-state index contributed by atoms with van der Waals surface area (Å²) < 4.78 is 6.53. The first kappa shape index (κ1) is 22.6. The zero-order valence-electron chi connectivity index (χ0n) is 16.9. The quantitative estimate of drug-likeness (QED) is 0.313. The van der Waals surface area contributed by atoms with E-state index in [0.29, 0.717) is 34.0 Å². The Morgan fingerprint density at radius 1 is 1.13 bits per heavy atom. The predicted molar refractivity (Wildman–Crippen MR) is 127 cm³/mol. The van der Waals surface area contributed by atoms with Gasteiger partial charge in [0.15, 0.2) is 5.75 Å². The molecule has 3 aromatic rings. The molecule has 0 spiro atoms. The van der Waals surface area contributed by atoms with Gasteiger partial charge in [-0.15, -0.1) is 0 Å². The minimum atomic E-state index is -0.446. The number of nitrogens with zero attached hydrogens (tertiary/aromatic N) is 1. The first-order valence-electron chi connectivity index (χ1n) is 9.57. The summed E-state index contributed by atoms with van der Waals surface area (Å²) in [5.74, 6) is 0.0609. The molecule has 4 nitrogen and oxygen atoms in total. The van der Waals surface area contributed by atoms with Crippen molar-refractivity contribution >= 4 is 39.5 Å². The van der Waals surface area contributed by atoms with Crippen molar-refractivity contribution in [3.05, 3.63) is 104 Å². The maximum Gasteiger partial charge on any atom is 0.262 e. The number of ether oxygens (including phenoxy) is 1. The van der Waals surface area contributed by atoms with Gasteiger partial charge in [0, 0.05) is 6.54 Å². The lowest BCUT2D eigenvalue weighted by atomic mass is 10.1. The van der Waals surface area contributed by atoms with E-state index in [1.54, 1.807) is 12.1 Å². The van der Waals surface area contributed by atoms with E-state index in [-0.39, 0.29) is 5.57 Å². The number of halogens is 2. The van der Waals surface area contributed by atoms with Crippen molar-refractivity contribution in [1.82, 2.24) is 5.32 Å². The molecule has 1 amide bonds. The van der Waals surface area contributed by atoms with Crippen molar-refractivity contribution < 1.29 is 9.53 Å². The first-order chi connectivity index (χ1) is 15.0. The van der Waals surface area contributed by atoms with E-state index >= 15 is 0 Å². The maximum absolute atomic E-state index is 12.4. The second-order valence-electron chi connectivity index (χ2n) is 6.93. The Kier molecular flexibility index (Phi) is 7.88. The highest BCUT2D eigenvalue weighted by atomic mass is 79.9. The Hall–Kier alpha value is -3.07. The zero-order chi connectivity index (χ0) is 22.2. The van der Waals surface area contributed by atoms with Gasteiger partial charge in [-0.2, -0.15) is 5.26 Å². The standard InChI is InChI=1S/C25H20BrClN2O2/c1-17-6-5-9-19(10-17)16-31-24-22(26)12-20(13-23(24)27)11-21(14-28)25(30)29-15-18-7-3-2-4-8-18/h2-13H,15-16H2,1H3,(H,29,30)/b21-11-. The van der Waals surface area contributed by atoms with Crippen LogP contribution in [0.1, 0.15) is 22.3 Å². The number of nitriles is 1. The molecule has 156 valence electrons. The molecule has 0 atom stereocenters. The van der Waals surface area contributed by atoms with Gasteiger partial charge >= 0.3 is 0 Å². The second kappa shape index (κ2) is 10.8. The van der Waals surface area contributed by atoms with Crippen molar-refractivity contribution in [2.24, 2.45) is 0 Å². The van der Waals surface area contributed by atoms with Gasteiger partial charge in [0.25, 0.3) is 5.91 Å². The molecule has 3 aromatic carbocycles. The van der Waals surface area contributed by atoms with Crippen LogP contribution in [0.4, 0.5) is 0 Å². The highest BCUT2D eigenvalue weighted by Gasteiger charge is 2.13. The predicted octanol–water partition coefficient (Wildman–Crippen LogP) is 6.21. The Bertz CT molecular complexity index is 1130. The number of hydrogen-bond acceptors (Lipinski definition) is 3. The van der Waals surface area contributed by atoms with Crippen molar-refractivity contribution in [2.75, 3.05) is 0 Å². The largest absolute Gasteiger partial charge is 0.486 e. The second-order valence-corrected chi connectivity index (χ2v) is 8.19. The molecule has 0 aliphatic rings. The molecule has 0 aliphatic heterocycles. The number of hydrogen-bond donors (Lipinski definition) is 1. The Morgan fingerprint density at radius 2 is 1.87 bits per heavy atom. The highest BCUT2D eigenvalue weighted by Crippen LogP contribution is 2.35. The molecule has 0 saturated carbocycles. The summed E-state index contributed by atoms with van der Waals surface area (Å²) in [5, 5.41) is 12.6. The average Bonchev–Trinajstić information content (AvgIpc) is 2.76. The van der Waals surface area contributed by atoms with Crippen LogP contribution < -0.4 is 10.1 Å². The topological polar surface area (TPSA) is 62.1 Å². The molecule has 0 radical (unpaired) electrons. The van der Waals surface area contributed by atoms with E-state index in [9.17, 15) is 10.1 Å². The Balaban J connectivity index is 1.71. The number of aryl methyl sites for hydroxylation is 1. The normalized spacial score (nSPS) is 11.0. The number of carbonyl (C=O) groups is 1. The van der Waals surface area contributed by atoms with Crippen LogP contribution in [0.25, 0.3) is 6.08 Å². The first-order valence-corrected chi connectivity index (χ1v) is 10.7. The van der Waals surface area contributed by atoms with Gasteiger partial charge in [0.2, 0.25) is 0 Å². The van der Waals surface area contributed by atoms with Gasteiger partial charge in [-0.1, -0.05) is 71.8 Å². The smallest absolute Gasteiger partial charge is 0.262 e. The molecule has 31 heavy (non-hydrogen) atoms. The van der Waals surface area contributed by atoms with E-state index in [4.69, 9.17) is 16.3 Å². The van der Waals surface area contributed by atoms with Crippen LogP contribution in [0.5, 0.6) is 5.75 Å². The SMILES string of the molecule is Cc1cccc(COc2c(Cl)cc(/C=C(/C#N)C(=O)NCc3ccccc3)cc2Br)c1. The van der Waals surface area contributed by atoms with Crippen LogP contribution in [0.3, 0.4) is 0 Å². The van der Waals surface area contributed by atoms with E-state index in [0.717, 1.165) is 16.7 Å². The minimum Gasteiger partial charge on any atom is -0.486 e. The third-order valence-electron chi connectivity index (χ3n) is 4.46. The molecule has 1 N–H and O–H groups in total. The average molecular weight is 496 g/mol. The van der Waals surface area contributed by atoms with Crippen molar-refractivity contribution in [3.8, 4) is 11.8 Å². The molecule has 0 aliphatic carbocycles. The number of amides is 1. The van der Waals surface area contributed by atoms with E-state index in [2.05, 4.69) is 21.2 Å². The maximum atomic E-state index is 12.4. The molecular weight excluding hydrogens is 476 g/mol. The lowest BCUT2D eigenvalue weighted by molar-refractivity contribution is -0.117.